The number of hydrogen-bond donors (Lipinski definition) is 0. The molecule has 0 unspecified atom stereocenters. The zero-order valence-electron chi connectivity index (χ0n) is 10.3. The van der Waals surface area contributed by atoms with Crippen molar-refractivity contribution in [3.05, 3.63) is 29.3 Å². The Morgan fingerprint density at radius 3 is 2.67 bits per heavy atom. The Labute approximate surface area is 114 Å². The van der Waals surface area contributed by atoms with E-state index in [1.807, 2.05) is 13.0 Å². The third-order valence-electron chi connectivity index (χ3n) is 2.11. The Balaban J connectivity index is 3.02. The van der Waals surface area contributed by atoms with Crippen LogP contribution in [0.5, 0.6) is 11.5 Å². The summed E-state index contributed by atoms with van der Waals surface area (Å²) in [7, 11) is 0. The topological polar surface area (TPSA) is 18.5 Å². The lowest BCUT2D eigenvalue weighted by Crippen LogP contribution is -2.04. The van der Waals surface area contributed by atoms with E-state index in [0.717, 1.165) is 16.5 Å². The molecule has 0 aromatic heterocycles. The molecule has 0 atom stereocenters. The van der Waals surface area contributed by atoms with E-state index < -0.39 is 6.61 Å². The van der Waals surface area contributed by atoms with Crippen molar-refractivity contribution >= 4 is 22.0 Å². The van der Waals surface area contributed by atoms with Crippen LogP contribution in [-0.4, -0.2) is 18.5 Å². The average Bonchev–Trinajstić information content (AvgIpc) is 2.32. The zero-order valence-corrected chi connectivity index (χ0v) is 11.8. The average molecular weight is 321 g/mol. The molecule has 5 heteroatoms. The maximum absolute atomic E-state index is 12.2. The first-order chi connectivity index (χ1) is 8.56. The molecule has 0 aliphatic carbocycles. The highest BCUT2D eigenvalue weighted by atomic mass is 79.9. The molecule has 0 heterocycles. The van der Waals surface area contributed by atoms with Crippen LogP contribution in [0.4, 0.5) is 8.78 Å². The molecule has 18 heavy (non-hydrogen) atoms. The molecule has 1 rings (SSSR count). The molecule has 2 nitrogen and oxygen atoms in total. The monoisotopic (exact) mass is 320 g/mol. The first-order valence-corrected chi connectivity index (χ1v) is 6.63. The van der Waals surface area contributed by atoms with Crippen LogP contribution in [-0.2, 0) is 0 Å². The van der Waals surface area contributed by atoms with E-state index in [1.165, 1.54) is 6.07 Å². The summed E-state index contributed by atoms with van der Waals surface area (Å²) >= 11 is 3.35. The molecule has 0 aliphatic rings. The Kier molecular flexibility index (Phi) is 6.12. The Hall–Kier alpha value is -1.10. The van der Waals surface area contributed by atoms with Gasteiger partial charge in [-0.2, -0.15) is 8.78 Å². The molecule has 0 spiro atoms. The number of rotatable bonds is 6. The second-order valence-corrected chi connectivity index (χ2v) is 4.20. The van der Waals surface area contributed by atoms with Crippen molar-refractivity contribution in [1.82, 2.24) is 0 Å². The lowest BCUT2D eigenvalue weighted by atomic mass is 10.1. The minimum atomic E-state index is -2.85. The van der Waals surface area contributed by atoms with Crippen LogP contribution in [0.3, 0.4) is 0 Å². The van der Waals surface area contributed by atoms with E-state index in [0.29, 0.717) is 12.4 Å². The third-order valence-corrected chi connectivity index (χ3v) is 2.99. The number of halogens is 3. The highest BCUT2D eigenvalue weighted by molar-refractivity contribution is 9.09. The Morgan fingerprint density at radius 1 is 1.39 bits per heavy atom. The van der Waals surface area contributed by atoms with Gasteiger partial charge in [-0.15, -0.1) is 0 Å². The molecule has 0 saturated carbocycles. The summed E-state index contributed by atoms with van der Waals surface area (Å²) in [5.74, 6) is 0.384. The van der Waals surface area contributed by atoms with Crippen molar-refractivity contribution in [3.63, 3.8) is 0 Å². The number of ether oxygens (including phenoxy) is 2. The minimum Gasteiger partial charge on any atom is -0.490 e. The molecular weight excluding hydrogens is 306 g/mol. The molecule has 0 radical (unpaired) electrons. The molecule has 0 bridgehead atoms. The van der Waals surface area contributed by atoms with Crippen molar-refractivity contribution in [2.75, 3.05) is 11.9 Å². The van der Waals surface area contributed by atoms with Gasteiger partial charge in [0.05, 0.1) is 6.61 Å². The van der Waals surface area contributed by atoms with E-state index in [4.69, 9.17) is 4.74 Å². The standard InChI is InChI=1S/C13H15BrF2O2/c1-3-17-12-7-10(6-9(2)8-14)4-5-11(12)18-13(15)16/h4-7,13H,3,8H2,1-2H3. The molecule has 0 N–H and O–H groups in total. The van der Waals surface area contributed by atoms with Gasteiger partial charge >= 0.3 is 6.61 Å². The second kappa shape index (κ2) is 7.36. The second-order valence-electron chi connectivity index (χ2n) is 3.64. The Morgan fingerprint density at radius 2 is 2.11 bits per heavy atom. The predicted molar refractivity (Wildman–Crippen MR) is 71.7 cm³/mol. The summed E-state index contributed by atoms with van der Waals surface area (Å²) in [6.45, 7) is 1.30. The van der Waals surface area contributed by atoms with Gasteiger partial charge in [0, 0.05) is 5.33 Å². The van der Waals surface area contributed by atoms with Crippen molar-refractivity contribution < 1.29 is 18.3 Å². The fourth-order valence-corrected chi connectivity index (χ4v) is 1.56. The van der Waals surface area contributed by atoms with Crippen molar-refractivity contribution in [2.45, 2.75) is 20.5 Å². The summed E-state index contributed by atoms with van der Waals surface area (Å²) in [6.07, 6.45) is 1.95. The van der Waals surface area contributed by atoms with E-state index in [9.17, 15) is 8.78 Å². The van der Waals surface area contributed by atoms with Crippen LogP contribution in [0.25, 0.3) is 6.08 Å². The molecule has 100 valence electrons. The number of allylic oxidation sites excluding steroid dienone is 1. The summed E-state index contributed by atoms with van der Waals surface area (Å²) in [5, 5.41) is 0.756. The highest BCUT2D eigenvalue weighted by Gasteiger charge is 2.10. The zero-order chi connectivity index (χ0) is 13.5. The van der Waals surface area contributed by atoms with Crippen LogP contribution >= 0.6 is 15.9 Å². The van der Waals surface area contributed by atoms with E-state index in [2.05, 4.69) is 20.7 Å². The lowest BCUT2D eigenvalue weighted by Gasteiger charge is -2.11. The van der Waals surface area contributed by atoms with Crippen LogP contribution in [0, 0.1) is 0 Å². The van der Waals surface area contributed by atoms with Gasteiger partial charge < -0.3 is 9.47 Å². The maximum Gasteiger partial charge on any atom is 0.387 e. The van der Waals surface area contributed by atoms with Gasteiger partial charge in [-0.05, 0) is 31.5 Å². The number of hydrogen-bond acceptors (Lipinski definition) is 2. The van der Waals surface area contributed by atoms with Crippen LogP contribution in [0.15, 0.2) is 23.8 Å². The van der Waals surface area contributed by atoms with E-state index >= 15 is 0 Å². The predicted octanol–water partition coefficient (Wildman–Crippen LogP) is 4.48. The first-order valence-electron chi connectivity index (χ1n) is 5.51. The summed E-state index contributed by atoms with van der Waals surface area (Å²) in [5.41, 5.74) is 2.01. The molecule has 1 aromatic rings. The SMILES string of the molecule is CCOc1cc(C=C(C)CBr)ccc1OC(F)F. The van der Waals surface area contributed by atoms with Gasteiger partial charge in [0.25, 0.3) is 0 Å². The van der Waals surface area contributed by atoms with Crippen LogP contribution < -0.4 is 9.47 Å². The molecular formula is C13H15BrF2O2. The normalized spacial score (nSPS) is 11.8. The summed E-state index contributed by atoms with van der Waals surface area (Å²) in [6, 6.07) is 4.89. The van der Waals surface area contributed by atoms with Crippen molar-refractivity contribution in [1.29, 1.82) is 0 Å². The van der Waals surface area contributed by atoms with Crippen molar-refractivity contribution in [3.8, 4) is 11.5 Å². The third kappa shape index (κ3) is 4.64. The molecule has 0 amide bonds. The van der Waals surface area contributed by atoms with E-state index in [-0.39, 0.29) is 5.75 Å². The number of benzene rings is 1. The van der Waals surface area contributed by atoms with Crippen molar-refractivity contribution in [2.24, 2.45) is 0 Å². The van der Waals surface area contributed by atoms with Gasteiger partial charge in [0.1, 0.15) is 0 Å². The smallest absolute Gasteiger partial charge is 0.387 e. The van der Waals surface area contributed by atoms with Crippen LogP contribution in [0.1, 0.15) is 19.4 Å². The maximum atomic E-state index is 12.2. The fraction of sp³-hybridized carbons (Fsp3) is 0.385. The van der Waals surface area contributed by atoms with Gasteiger partial charge in [0.2, 0.25) is 0 Å². The molecule has 0 fully saturated rings. The quantitative estimate of drug-likeness (QED) is 0.719. The van der Waals surface area contributed by atoms with E-state index in [1.54, 1.807) is 19.1 Å². The largest absolute Gasteiger partial charge is 0.490 e. The van der Waals surface area contributed by atoms with Crippen LogP contribution in [0.2, 0.25) is 0 Å². The molecule has 0 saturated heterocycles. The molecule has 0 aliphatic heterocycles. The van der Waals surface area contributed by atoms with Gasteiger partial charge in [-0.25, -0.2) is 0 Å². The highest BCUT2D eigenvalue weighted by Crippen LogP contribution is 2.30. The molecule has 1 aromatic carbocycles. The summed E-state index contributed by atoms with van der Waals surface area (Å²) in [4.78, 5) is 0. The summed E-state index contributed by atoms with van der Waals surface area (Å²) < 4.78 is 34.1. The van der Waals surface area contributed by atoms with Gasteiger partial charge in [-0.1, -0.05) is 33.6 Å². The number of alkyl halides is 3. The van der Waals surface area contributed by atoms with Gasteiger partial charge in [-0.3, -0.25) is 0 Å². The lowest BCUT2D eigenvalue weighted by molar-refractivity contribution is -0.0514. The Bertz CT molecular complexity index is 419. The fourth-order valence-electron chi connectivity index (χ4n) is 1.40. The van der Waals surface area contributed by atoms with Gasteiger partial charge in [0.15, 0.2) is 11.5 Å². The minimum absolute atomic E-state index is 0.0560. The first kappa shape index (κ1) is 15.0.